The monoisotopic (exact) mass is 442 g/mol. The highest BCUT2D eigenvalue weighted by molar-refractivity contribution is 5.74. The molecule has 2 aromatic heterocycles. The number of hydrogen-bond acceptors (Lipinski definition) is 3. The number of aromatic nitrogens is 2. The van der Waals surface area contributed by atoms with Crippen LogP contribution in [0.25, 0.3) is 33.8 Å². The first kappa shape index (κ1) is 21.6. The van der Waals surface area contributed by atoms with Crippen LogP contribution >= 0.6 is 0 Å². The van der Waals surface area contributed by atoms with E-state index in [1.807, 2.05) is 84.9 Å². The fraction of sp³-hybridized carbons (Fsp3) is 0.0968. The van der Waals surface area contributed by atoms with Gasteiger partial charge in [-0.25, -0.2) is 4.98 Å². The molecule has 0 unspecified atom stereocenters. The molecular weight excluding hydrogens is 416 g/mol. The minimum Gasteiger partial charge on any atom is -0.507 e. The molecule has 0 aliphatic rings. The van der Waals surface area contributed by atoms with Gasteiger partial charge in [-0.3, -0.25) is 4.98 Å². The molecule has 5 aromatic rings. The van der Waals surface area contributed by atoms with E-state index in [-0.39, 0.29) is 11.2 Å². The van der Waals surface area contributed by atoms with Gasteiger partial charge in [-0.05, 0) is 42.0 Å². The van der Waals surface area contributed by atoms with Crippen molar-refractivity contribution in [2.75, 3.05) is 0 Å². The van der Waals surface area contributed by atoms with Crippen molar-refractivity contribution in [3.63, 3.8) is 0 Å². The van der Waals surface area contributed by atoms with E-state index in [1.54, 1.807) is 6.20 Å². The smallest absolute Gasteiger partial charge is 0.129 e. The number of benzene rings is 3. The predicted octanol–water partition coefficient (Wildman–Crippen LogP) is 7.51. The van der Waals surface area contributed by atoms with Gasteiger partial charge < -0.3 is 5.11 Å². The normalized spacial score (nSPS) is 11.4. The SMILES string of the molecule is CC(C)(c1ccccc1)c1cccc(-c2cccc(-c3cccc(-c4ccccn4)c3)n2)c1O. The maximum atomic E-state index is 11.3. The molecular formula is C31H26N2O. The Morgan fingerprint density at radius 2 is 1.26 bits per heavy atom. The van der Waals surface area contributed by atoms with E-state index in [2.05, 4.69) is 43.1 Å². The lowest BCUT2D eigenvalue weighted by Crippen LogP contribution is -2.19. The molecule has 1 N–H and O–H groups in total. The average Bonchev–Trinajstić information content (AvgIpc) is 2.90. The minimum atomic E-state index is -0.351. The molecule has 34 heavy (non-hydrogen) atoms. The minimum absolute atomic E-state index is 0.267. The van der Waals surface area contributed by atoms with Gasteiger partial charge in [0.1, 0.15) is 5.75 Å². The Labute approximate surface area is 200 Å². The molecule has 0 saturated carbocycles. The van der Waals surface area contributed by atoms with E-state index in [0.29, 0.717) is 0 Å². The van der Waals surface area contributed by atoms with Crippen LogP contribution in [0.2, 0.25) is 0 Å². The maximum absolute atomic E-state index is 11.3. The first-order valence-electron chi connectivity index (χ1n) is 11.4. The summed E-state index contributed by atoms with van der Waals surface area (Å²) < 4.78 is 0. The van der Waals surface area contributed by atoms with Crippen LogP contribution in [0.15, 0.2) is 115 Å². The maximum Gasteiger partial charge on any atom is 0.129 e. The molecule has 166 valence electrons. The van der Waals surface area contributed by atoms with Crippen LogP contribution in [0, 0.1) is 0 Å². The Balaban J connectivity index is 1.55. The highest BCUT2D eigenvalue weighted by Crippen LogP contribution is 2.41. The zero-order valence-corrected chi connectivity index (χ0v) is 19.3. The first-order chi connectivity index (χ1) is 16.5. The Morgan fingerprint density at radius 3 is 2.03 bits per heavy atom. The number of phenols is 1. The fourth-order valence-electron chi connectivity index (χ4n) is 4.38. The molecule has 2 heterocycles. The van der Waals surface area contributed by atoms with Gasteiger partial charge in [0.25, 0.3) is 0 Å². The summed E-state index contributed by atoms with van der Waals surface area (Å²) in [6.07, 6.45) is 1.80. The van der Waals surface area contributed by atoms with Gasteiger partial charge in [0.15, 0.2) is 0 Å². The van der Waals surface area contributed by atoms with Gasteiger partial charge >= 0.3 is 0 Å². The second kappa shape index (κ2) is 8.95. The summed E-state index contributed by atoms with van der Waals surface area (Å²) in [6.45, 7) is 4.27. The van der Waals surface area contributed by atoms with Gasteiger partial charge in [-0.2, -0.15) is 0 Å². The summed E-state index contributed by atoms with van der Waals surface area (Å²) in [5.74, 6) is 0.267. The largest absolute Gasteiger partial charge is 0.507 e. The number of aromatic hydroxyl groups is 1. The summed E-state index contributed by atoms with van der Waals surface area (Å²) in [5.41, 5.74) is 6.96. The first-order valence-corrected chi connectivity index (χ1v) is 11.4. The Morgan fingerprint density at radius 1 is 0.618 bits per heavy atom. The van der Waals surface area contributed by atoms with Crippen LogP contribution in [0.1, 0.15) is 25.0 Å². The molecule has 0 bridgehead atoms. The van der Waals surface area contributed by atoms with Crippen molar-refractivity contribution in [1.82, 2.24) is 9.97 Å². The quantitative estimate of drug-likeness (QED) is 0.306. The Bertz CT molecular complexity index is 1430. The lowest BCUT2D eigenvalue weighted by Gasteiger charge is -2.27. The summed E-state index contributed by atoms with van der Waals surface area (Å²) in [4.78, 5) is 9.39. The number of rotatable bonds is 5. The lowest BCUT2D eigenvalue weighted by molar-refractivity contribution is 0.455. The second-order valence-corrected chi connectivity index (χ2v) is 8.90. The molecule has 5 rings (SSSR count). The molecule has 0 fully saturated rings. The van der Waals surface area contributed by atoms with Crippen molar-refractivity contribution < 1.29 is 5.11 Å². The molecule has 0 amide bonds. The van der Waals surface area contributed by atoms with E-state index in [1.165, 1.54) is 0 Å². The highest BCUT2D eigenvalue weighted by Gasteiger charge is 2.27. The van der Waals surface area contributed by atoms with E-state index in [0.717, 1.165) is 44.9 Å². The van der Waals surface area contributed by atoms with Crippen LogP contribution in [0.4, 0.5) is 0 Å². The predicted molar refractivity (Wildman–Crippen MR) is 139 cm³/mol. The van der Waals surface area contributed by atoms with Crippen molar-refractivity contribution in [1.29, 1.82) is 0 Å². The van der Waals surface area contributed by atoms with E-state index < -0.39 is 0 Å². The lowest BCUT2D eigenvalue weighted by atomic mass is 9.77. The van der Waals surface area contributed by atoms with Crippen molar-refractivity contribution in [3.05, 3.63) is 127 Å². The van der Waals surface area contributed by atoms with Crippen LogP contribution in [0.3, 0.4) is 0 Å². The van der Waals surface area contributed by atoms with Crippen LogP contribution in [0.5, 0.6) is 5.75 Å². The van der Waals surface area contributed by atoms with Gasteiger partial charge in [0.2, 0.25) is 0 Å². The molecule has 0 radical (unpaired) electrons. The van der Waals surface area contributed by atoms with E-state index >= 15 is 0 Å². The topological polar surface area (TPSA) is 46.0 Å². The summed E-state index contributed by atoms with van der Waals surface area (Å²) in [7, 11) is 0. The number of para-hydroxylation sites is 1. The summed E-state index contributed by atoms with van der Waals surface area (Å²) in [5, 5.41) is 11.3. The molecule has 3 nitrogen and oxygen atoms in total. The fourth-order valence-corrected chi connectivity index (χ4v) is 4.38. The van der Waals surface area contributed by atoms with Gasteiger partial charge in [-0.15, -0.1) is 0 Å². The molecule has 0 saturated heterocycles. The van der Waals surface area contributed by atoms with Gasteiger partial charge in [0.05, 0.1) is 17.1 Å². The number of hydrogen-bond donors (Lipinski definition) is 1. The highest BCUT2D eigenvalue weighted by atomic mass is 16.3. The van der Waals surface area contributed by atoms with Crippen molar-refractivity contribution in [3.8, 4) is 39.5 Å². The Hall–Kier alpha value is -4.24. The second-order valence-electron chi connectivity index (χ2n) is 8.90. The zero-order valence-electron chi connectivity index (χ0n) is 19.3. The van der Waals surface area contributed by atoms with Crippen LogP contribution in [-0.2, 0) is 5.41 Å². The molecule has 0 spiro atoms. The van der Waals surface area contributed by atoms with Gasteiger partial charge in [-0.1, -0.05) is 86.6 Å². The molecule has 0 aliphatic carbocycles. The molecule has 3 heteroatoms. The van der Waals surface area contributed by atoms with E-state index in [4.69, 9.17) is 4.98 Å². The third-order valence-corrected chi connectivity index (χ3v) is 6.35. The number of nitrogens with zero attached hydrogens (tertiary/aromatic N) is 2. The van der Waals surface area contributed by atoms with Crippen LogP contribution in [-0.4, -0.2) is 15.1 Å². The standard InChI is InChI=1S/C31H26N2O/c1-31(2,24-13-4-3-5-14-24)26-16-9-15-25(30(26)34)29-19-10-18-28(33-29)23-12-8-11-22(21-23)27-17-6-7-20-32-27/h3-21,34H,1-2H3. The zero-order chi connectivity index (χ0) is 23.5. The third kappa shape index (κ3) is 4.08. The number of pyridine rings is 2. The Kier molecular flexibility index (Phi) is 5.69. The number of phenolic OH excluding ortho intramolecular Hbond substituents is 1. The molecule has 3 aromatic carbocycles. The van der Waals surface area contributed by atoms with Gasteiger partial charge in [0, 0.05) is 33.9 Å². The average molecular weight is 443 g/mol. The van der Waals surface area contributed by atoms with Crippen molar-refractivity contribution in [2.24, 2.45) is 0 Å². The summed E-state index contributed by atoms with van der Waals surface area (Å²) >= 11 is 0. The van der Waals surface area contributed by atoms with Crippen molar-refractivity contribution >= 4 is 0 Å². The molecule has 0 atom stereocenters. The third-order valence-electron chi connectivity index (χ3n) is 6.35. The van der Waals surface area contributed by atoms with Crippen LogP contribution < -0.4 is 0 Å². The van der Waals surface area contributed by atoms with Crippen molar-refractivity contribution in [2.45, 2.75) is 19.3 Å². The molecule has 0 aliphatic heterocycles. The van der Waals surface area contributed by atoms with E-state index in [9.17, 15) is 5.11 Å². The summed E-state index contributed by atoms with van der Waals surface area (Å²) in [6, 6.07) is 36.2.